The lowest BCUT2D eigenvalue weighted by molar-refractivity contribution is 0.00506. The van der Waals surface area contributed by atoms with Gasteiger partial charge in [-0.1, -0.05) is 78.9 Å². The van der Waals surface area contributed by atoms with Crippen molar-refractivity contribution >= 4 is 5.69 Å². The second kappa shape index (κ2) is 7.35. The second-order valence-corrected chi connectivity index (χ2v) is 7.10. The lowest BCUT2D eigenvalue weighted by atomic mass is 9.72. The number of hydrogen-bond acceptors (Lipinski definition) is 2. The maximum absolute atomic E-state index is 11.9. The second-order valence-electron chi connectivity index (χ2n) is 7.10. The van der Waals surface area contributed by atoms with Crippen LogP contribution in [0.4, 0.5) is 5.69 Å². The number of anilines is 1. The van der Waals surface area contributed by atoms with Crippen molar-refractivity contribution in [1.82, 2.24) is 0 Å². The summed E-state index contributed by atoms with van der Waals surface area (Å²) < 4.78 is 0. The summed E-state index contributed by atoms with van der Waals surface area (Å²) in [5, 5.41) is 11.9. The van der Waals surface area contributed by atoms with Gasteiger partial charge in [-0.2, -0.15) is 0 Å². The highest BCUT2D eigenvalue weighted by Gasteiger charge is 2.41. The van der Waals surface area contributed by atoms with Crippen molar-refractivity contribution in [3.8, 4) is 0 Å². The van der Waals surface area contributed by atoms with Crippen LogP contribution in [0.2, 0.25) is 0 Å². The number of nitrogens with zero attached hydrogens (tertiary/aromatic N) is 1. The first-order valence-corrected chi connectivity index (χ1v) is 9.42. The van der Waals surface area contributed by atoms with Gasteiger partial charge in [-0.25, -0.2) is 0 Å². The van der Waals surface area contributed by atoms with E-state index in [0.29, 0.717) is 0 Å². The van der Waals surface area contributed by atoms with Gasteiger partial charge in [-0.05, 0) is 42.0 Å². The smallest absolute Gasteiger partial charge is 0.118 e. The van der Waals surface area contributed by atoms with Gasteiger partial charge in [0, 0.05) is 18.8 Å². The lowest BCUT2D eigenvalue weighted by Gasteiger charge is -2.43. The van der Waals surface area contributed by atoms with Crippen LogP contribution in [0.3, 0.4) is 0 Å². The summed E-state index contributed by atoms with van der Waals surface area (Å²) in [6.45, 7) is 1.94. The Morgan fingerprint density at radius 1 is 0.654 bits per heavy atom. The molecule has 0 saturated carbocycles. The van der Waals surface area contributed by atoms with Gasteiger partial charge < -0.3 is 10.0 Å². The average Bonchev–Trinajstić information content (AvgIpc) is 2.75. The number of rotatable bonds is 4. The number of para-hydroxylation sites is 1. The van der Waals surface area contributed by atoms with E-state index in [9.17, 15) is 5.11 Å². The predicted molar refractivity (Wildman–Crippen MR) is 107 cm³/mol. The highest BCUT2D eigenvalue weighted by molar-refractivity contribution is 5.47. The molecule has 1 aliphatic heterocycles. The van der Waals surface area contributed by atoms with E-state index in [1.807, 2.05) is 36.4 Å². The lowest BCUT2D eigenvalue weighted by Crippen LogP contribution is -2.44. The minimum absolute atomic E-state index is 0.201. The quantitative estimate of drug-likeness (QED) is 0.733. The summed E-state index contributed by atoms with van der Waals surface area (Å²) in [7, 11) is 0. The number of benzene rings is 3. The molecule has 0 radical (unpaired) electrons. The molecule has 0 atom stereocenters. The van der Waals surface area contributed by atoms with Crippen molar-refractivity contribution in [3.63, 3.8) is 0 Å². The van der Waals surface area contributed by atoms with Gasteiger partial charge >= 0.3 is 0 Å². The van der Waals surface area contributed by atoms with Crippen LogP contribution in [0.15, 0.2) is 91.0 Å². The first kappa shape index (κ1) is 16.9. The average molecular weight is 343 g/mol. The van der Waals surface area contributed by atoms with E-state index >= 15 is 0 Å². The Morgan fingerprint density at radius 2 is 1.08 bits per heavy atom. The van der Waals surface area contributed by atoms with Gasteiger partial charge in [0.2, 0.25) is 0 Å². The van der Waals surface area contributed by atoms with Crippen molar-refractivity contribution in [3.05, 3.63) is 102 Å². The molecule has 1 heterocycles. The SMILES string of the molecule is OC(c1ccccc1)(c1ccccc1)C1CCN(c2ccccc2)CC1. The molecule has 2 nitrogen and oxygen atoms in total. The van der Waals surface area contributed by atoms with E-state index < -0.39 is 5.60 Å². The van der Waals surface area contributed by atoms with Crippen molar-refractivity contribution in [2.45, 2.75) is 18.4 Å². The molecule has 2 heteroatoms. The molecule has 132 valence electrons. The molecule has 0 aliphatic carbocycles. The third kappa shape index (κ3) is 3.13. The molecule has 1 saturated heterocycles. The standard InChI is InChI=1S/C24H25NO/c26-24(20-10-4-1-5-11-20,21-12-6-2-7-13-21)22-16-18-25(19-17-22)23-14-8-3-9-15-23/h1-15,22,26H,16-19H2. The molecular formula is C24H25NO. The van der Waals surface area contributed by atoms with Crippen molar-refractivity contribution < 1.29 is 5.11 Å². The molecule has 0 bridgehead atoms. The van der Waals surface area contributed by atoms with Gasteiger partial charge in [-0.15, -0.1) is 0 Å². The van der Waals surface area contributed by atoms with Crippen LogP contribution in [-0.2, 0) is 5.60 Å². The molecule has 0 aromatic heterocycles. The number of hydrogen-bond donors (Lipinski definition) is 1. The van der Waals surface area contributed by atoms with Crippen molar-refractivity contribution in [2.75, 3.05) is 18.0 Å². The number of aliphatic hydroxyl groups is 1. The van der Waals surface area contributed by atoms with Crippen LogP contribution in [0.1, 0.15) is 24.0 Å². The zero-order chi connectivity index (χ0) is 17.8. The molecule has 26 heavy (non-hydrogen) atoms. The van der Waals surface area contributed by atoms with Crippen LogP contribution in [-0.4, -0.2) is 18.2 Å². The van der Waals surface area contributed by atoms with Crippen molar-refractivity contribution in [2.24, 2.45) is 5.92 Å². The molecule has 3 aromatic rings. The Balaban J connectivity index is 1.62. The van der Waals surface area contributed by atoms with Crippen LogP contribution in [0.25, 0.3) is 0 Å². The first-order valence-electron chi connectivity index (χ1n) is 9.42. The van der Waals surface area contributed by atoms with E-state index in [1.54, 1.807) is 0 Å². The van der Waals surface area contributed by atoms with Gasteiger partial charge in [0.15, 0.2) is 0 Å². The minimum Gasteiger partial charge on any atom is -0.380 e. The molecule has 1 fully saturated rings. The molecule has 0 amide bonds. The van der Waals surface area contributed by atoms with E-state index in [1.165, 1.54) is 5.69 Å². The molecule has 1 N–H and O–H groups in total. The van der Waals surface area contributed by atoms with E-state index in [4.69, 9.17) is 0 Å². The Morgan fingerprint density at radius 3 is 1.54 bits per heavy atom. The fourth-order valence-electron chi connectivity index (χ4n) is 4.22. The third-order valence-electron chi connectivity index (χ3n) is 5.63. The van der Waals surface area contributed by atoms with E-state index in [0.717, 1.165) is 37.1 Å². The summed E-state index contributed by atoms with van der Waals surface area (Å²) in [4.78, 5) is 2.42. The monoisotopic (exact) mass is 343 g/mol. The van der Waals surface area contributed by atoms with E-state index in [-0.39, 0.29) is 5.92 Å². The minimum atomic E-state index is -0.939. The summed E-state index contributed by atoms with van der Waals surface area (Å²) in [5.74, 6) is 0.201. The molecule has 0 spiro atoms. The third-order valence-corrected chi connectivity index (χ3v) is 5.63. The van der Waals surface area contributed by atoms with Crippen molar-refractivity contribution in [1.29, 1.82) is 0 Å². The molecule has 4 rings (SSSR count). The van der Waals surface area contributed by atoms with Gasteiger partial charge in [0.05, 0.1) is 0 Å². The maximum atomic E-state index is 11.9. The van der Waals surface area contributed by atoms with Crippen LogP contribution < -0.4 is 4.90 Å². The fraction of sp³-hybridized carbons (Fsp3) is 0.250. The van der Waals surface area contributed by atoms with Gasteiger partial charge in [0.1, 0.15) is 5.60 Å². The van der Waals surface area contributed by atoms with Crippen LogP contribution >= 0.6 is 0 Å². The van der Waals surface area contributed by atoms with Crippen LogP contribution in [0.5, 0.6) is 0 Å². The Kier molecular flexibility index (Phi) is 4.77. The van der Waals surface area contributed by atoms with Gasteiger partial charge in [-0.3, -0.25) is 0 Å². The van der Waals surface area contributed by atoms with Gasteiger partial charge in [0.25, 0.3) is 0 Å². The summed E-state index contributed by atoms with van der Waals surface area (Å²) >= 11 is 0. The molecule has 0 unspecified atom stereocenters. The molecule has 1 aliphatic rings. The molecule has 3 aromatic carbocycles. The van der Waals surface area contributed by atoms with E-state index in [2.05, 4.69) is 59.5 Å². The highest BCUT2D eigenvalue weighted by Crippen LogP contribution is 2.42. The Labute approximate surface area is 155 Å². The topological polar surface area (TPSA) is 23.5 Å². The number of piperidine rings is 1. The Hall–Kier alpha value is -2.58. The normalized spacial score (nSPS) is 15.8. The summed E-state index contributed by atoms with van der Waals surface area (Å²) in [5.41, 5.74) is 2.31. The zero-order valence-electron chi connectivity index (χ0n) is 15.0. The first-order chi connectivity index (χ1) is 12.8. The zero-order valence-corrected chi connectivity index (χ0v) is 15.0. The summed E-state index contributed by atoms with van der Waals surface area (Å²) in [6, 6.07) is 30.9. The highest BCUT2D eigenvalue weighted by atomic mass is 16.3. The maximum Gasteiger partial charge on any atom is 0.118 e. The fourth-order valence-corrected chi connectivity index (χ4v) is 4.22. The summed E-state index contributed by atoms with van der Waals surface area (Å²) in [6.07, 6.45) is 1.93. The predicted octanol–water partition coefficient (Wildman–Crippen LogP) is 4.84. The molecular weight excluding hydrogens is 318 g/mol. The largest absolute Gasteiger partial charge is 0.380 e. The van der Waals surface area contributed by atoms with Crippen LogP contribution in [0, 0.1) is 5.92 Å². The Bertz CT molecular complexity index is 769.